The smallest absolute Gasteiger partial charge is 0.0622 e. The third-order valence-electron chi connectivity index (χ3n) is 8.37. The molecule has 0 radical (unpaired) electrons. The number of aliphatic hydroxyl groups excluding tert-OH is 1. The van der Waals surface area contributed by atoms with E-state index in [9.17, 15) is 10.2 Å². The Balaban J connectivity index is 1.51. The molecule has 21 heavy (non-hydrogen) atoms. The van der Waals surface area contributed by atoms with E-state index in [0.717, 1.165) is 42.4 Å². The number of aliphatic hydroxyl groups is 2. The topological polar surface area (TPSA) is 40.5 Å². The van der Waals surface area contributed by atoms with Gasteiger partial charge in [0.15, 0.2) is 0 Å². The van der Waals surface area contributed by atoms with Crippen LogP contribution in [0.3, 0.4) is 0 Å². The Morgan fingerprint density at radius 3 is 2.48 bits per heavy atom. The number of rotatable bonds is 1. The average Bonchev–Trinajstić information content (AvgIpc) is 2.42. The van der Waals surface area contributed by atoms with Crippen LogP contribution in [0.2, 0.25) is 0 Å². The van der Waals surface area contributed by atoms with Crippen molar-refractivity contribution in [3.8, 4) is 0 Å². The van der Waals surface area contributed by atoms with E-state index >= 15 is 0 Å². The third-order valence-corrected chi connectivity index (χ3v) is 8.37. The molecule has 4 aliphatic carbocycles. The van der Waals surface area contributed by atoms with Gasteiger partial charge in [0.25, 0.3) is 0 Å². The van der Waals surface area contributed by atoms with Crippen molar-refractivity contribution < 1.29 is 10.2 Å². The van der Waals surface area contributed by atoms with Gasteiger partial charge in [-0.3, -0.25) is 0 Å². The van der Waals surface area contributed by atoms with Crippen LogP contribution in [0, 0.1) is 40.9 Å². The fourth-order valence-corrected chi connectivity index (χ4v) is 7.08. The van der Waals surface area contributed by atoms with Crippen LogP contribution in [-0.4, -0.2) is 22.4 Å². The van der Waals surface area contributed by atoms with Crippen molar-refractivity contribution in [2.75, 3.05) is 6.61 Å². The first-order chi connectivity index (χ1) is 9.94. The second-order valence-corrected chi connectivity index (χ2v) is 9.33. The third kappa shape index (κ3) is 2.05. The molecule has 0 aromatic rings. The molecule has 4 saturated carbocycles. The summed E-state index contributed by atoms with van der Waals surface area (Å²) in [5.74, 6) is 4.99. The summed E-state index contributed by atoms with van der Waals surface area (Å²) >= 11 is 0. The second-order valence-electron chi connectivity index (χ2n) is 9.33. The highest BCUT2D eigenvalue weighted by Gasteiger charge is 2.60. The zero-order chi connectivity index (χ0) is 14.8. The molecule has 0 saturated heterocycles. The fourth-order valence-electron chi connectivity index (χ4n) is 7.08. The van der Waals surface area contributed by atoms with Crippen LogP contribution >= 0.6 is 0 Å². The molecule has 0 aromatic heterocycles. The minimum atomic E-state index is -0.393. The maximum atomic E-state index is 10.4. The SMILES string of the molecule is C[C@@]1(O)CC[C@H]2C(CC[C@@H]3[C@@H]2CC[C@]2(C)[C@@H](CO)C[C@@H]32)C1. The molecule has 2 N–H and O–H groups in total. The van der Waals surface area contributed by atoms with Gasteiger partial charge in [0.1, 0.15) is 0 Å². The van der Waals surface area contributed by atoms with Gasteiger partial charge in [-0.15, -0.1) is 0 Å². The summed E-state index contributed by atoms with van der Waals surface area (Å²) in [6, 6.07) is 0. The average molecular weight is 292 g/mol. The quantitative estimate of drug-likeness (QED) is 0.775. The Morgan fingerprint density at radius 2 is 1.71 bits per heavy atom. The molecule has 120 valence electrons. The molecular formula is C19H32O2. The summed E-state index contributed by atoms with van der Waals surface area (Å²) in [6.07, 6.45) is 10.1. The van der Waals surface area contributed by atoms with Crippen molar-refractivity contribution in [2.45, 2.75) is 70.8 Å². The second kappa shape index (κ2) is 4.71. The van der Waals surface area contributed by atoms with Gasteiger partial charge in [-0.1, -0.05) is 6.92 Å². The largest absolute Gasteiger partial charge is 0.396 e. The van der Waals surface area contributed by atoms with E-state index in [-0.39, 0.29) is 0 Å². The highest BCUT2D eigenvalue weighted by Crippen LogP contribution is 2.66. The van der Waals surface area contributed by atoms with Crippen LogP contribution < -0.4 is 0 Å². The maximum absolute atomic E-state index is 10.4. The molecule has 8 atom stereocenters. The minimum absolute atomic E-state index is 0.393. The molecule has 2 heteroatoms. The van der Waals surface area contributed by atoms with Gasteiger partial charge in [0, 0.05) is 6.61 Å². The molecule has 0 aromatic carbocycles. The van der Waals surface area contributed by atoms with E-state index in [4.69, 9.17) is 0 Å². The Labute approximate surface area is 129 Å². The lowest BCUT2D eigenvalue weighted by atomic mass is 9.40. The Bertz CT molecular complexity index is 418. The van der Waals surface area contributed by atoms with Crippen LogP contribution in [0.4, 0.5) is 0 Å². The number of fused-ring (bicyclic) bond motifs is 5. The minimum Gasteiger partial charge on any atom is -0.396 e. The summed E-state index contributed by atoms with van der Waals surface area (Å²) < 4.78 is 0. The Morgan fingerprint density at radius 1 is 0.952 bits per heavy atom. The lowest BCUT2D eigenvalue weighted by molar-refractivity contribution is -0.176. The predicted molar refractivity (Wildman–Crippen MR) is 83.7 cm³/mol. The molecule has 4 fully saturated rings. The van der Waals surface area contributed by atoms with E-state index < -0.39 is 5.60 Å². The summed E-state index contributed by atoms with van der Waals surface area (Å²) in [5, 5.41) is 20.0. The van der Waals surface area contributed by atoms with E-state index in [1.165, 1.54) is 38.5 Å². The van der Waals surface area contributed by atoms with Crippen molar-refractivity contribution in [3.05, 3.63) is 0 Å². The summed E-state index contributed by atoms with van der Waals surface area (Å²) in [5.41, 5.74) is 0.0541. The molecule has 0 spiro atoms. The molecular weight excluding hydrogens is 260 g/mol. The van der Waals surface area contributed by atoms with Crippen LogP contribution in [0.25, 0.3) is 0 Å². The molecule has 4 rings (SSSR count). The van der Waals surface area contributed by atoms with Crippen molar-refractivity contribution in [1.82, 2.24) is 0 Å². The van der Waals surface area contributed by atoms with Crippen molar-refractivity contribution in [2.24, 2.45) is 40.9 Å². The Hall–Kier alpha value is -0.0800. The Kier molecular flexibility index (Phi) is 3.25. The van der Waals surface area contributed by atoms with Crippen molar-refractivity contribution >= 4 is 0 Å². The lowest BCUT2D eigenvalue weighted by Gasteiger charge is -2.65. The fraction of sp³-hybridized carbons (Fsp3) is 1.00. The van der Waals surface area contributed by atoms with Gasteiger partial charge in [0.05, 0.1) is 5.60 Å². The first kappa shape index (κ1) is 14.5. The van der Waals surface area contributed by atoms with Gasteiger partial charge < -0.3 is 10.2 Å². The predicted octanol–water partition coefficient (Wildman–Crippen LogP) is 3.61. The molecule has 0 heterocycles. The molecule has 2 nitrogen and oxygen atoms in total. The molecule has 0 amide bonds. The highest BCUT2D eigenvalue weighted by molar-refractivity contribution is 5.09. The standard InChI is InChI=1S/C19H32O2/c1-18(21)7-5-14-12(10-18)3-4-16-15(14)6-8-19(2)13(11-20)9-17(16)19/h12-17,20-21H,3-11H2,1-2H3/t12?,13-,14+,15-,16-,17+,18-,19-/m1/s1. The van der Waals surface area contributed by atoms with E-state index in [1.807, 2.05) is 6.92 Å². The van der Waals surface area contributed by atoms with Crippen LogP contribution in [0.15, 0.2) is 0 Å². The lowest BCUT2D eigenvalue weighted by Crippen LogP contribution is -2.59. The summed E-state index contributed by atoms with van der Waals surface area (Å²) in [7, 11) is 0. The van der Waals surface area contributed by atoms with E-state index in [0.29, 0.717) is 17.9 Å². The first-order valence-electron chi connectivity index (χ1n) is 9.28. The van der Waals surface area contributed by atoms with Gasteiger partial charge >= 0.3 is 0 Å². The van der Waals surface area contributed by atoms with Gasteiger partial charge in [-0.2, -0.15) is 0 Å². The summed E-state index contributed by atoms with van der Waals surface area (Å²) in [6.45, 7) is 4.90. The van der Waals surface area contributed by atoms with Crippen molar-refractivity contribution in [1.29, 1.82) is 0 Å². The number of hydrogen-bond acceptors (Lipinski definition) is 2. The van der Waals surface area contributed by atoms with Crippen molar-refractivity contribution in [3.63, 3.8) is 0 Å². The van der Waals surface area contributed by atoms with E-state index in [2.05, 4.69) is 6.92 Å². The van der Waals surface area contributed by atoms with Crippen LogP contribution in [-0.2, 0) is 0 Å². The van der Waals surface area contributed by atoms with E-state index in [1.54, 1.807) is 0 Å². The highest BCUT2D eigenvalue weighted by atomic mass is 16.3. The van der Waals surface area contributed by atoms with Crippen LogP contribution in [0.1, 0.15) is 65.2 Å². The zero-order valence-corrected chi connectivity index (χ0v) is 13.7. The first-order valence-corrected chi connectivity index (χ1v) is 9.28. The van der Waals surface area contributed by atoms with Gasteiger partial charge in [-0.05, 0) is 99.2 Å². The van der Waals surface area contributed by atoms with Gasteiger partial charge in [-0.25, -0.2) is 0 Å². The maximum Gasteiger partial charge on any atom is 0.0622 e. The molecule has 4 aliphatic rings. The summed E-state index contributed by atoms with van der Waals surface area (Å²) in [4.78, 5) is 0. The molecule has 1 unspecified atom stereocenters. The normalized spacial score (nSPS) is 59.4. The van der Waals surface area contributed by atoms with Gasteiger partial charge in [0.2, 0.25) is 0 Å². The monoisotopic (exact) mass is 292 g/mol. The molecule has 0 bridgehead atoms. The van der Waals surface area contributed by atoms with Crippen LogP contribution in [0.5, 0.6) is 0 Å². The molecule has 0 aliphatic heterocycles. The number of hydrogen-bond donors (Lipinski definition) is 2. The zero-order valence-electron chi connectivity index (χ0n) is 13.7.